The molecule has 0 bridgehead atoms. The van der Waals surface area contributed by atoms with Gasteiger partial charge in [0, 0.05) is 19.0 Å². The Morgan fingerprint density at radius 3 is 2.55 bits per heavy atom. The molecule has 4 N–H and O–H groups in total. The van der Waals surface area contributed by atoms with Crippen molar-refractivity contribution in [1.82, 2.24) is 0 Å². The van der Waals surface area contributed by atoms with Gasteiger partial charge in [0.05, 0.1) is 25.0 Å². The summed E-state index contributed by atoms with van der Waals surface area (Å²) in [4.78, 5) is 24.5. The van der Waals surface area contributed by atoms with Gasteiger partial charge in [-0.15, -0.1) is 0 Å². The lowest BCUT2D eigenvalue weighted by molar-refractivity contribution is -0.174. The molecular formula is C33H50N2O5. The lowest BCUT2D eigenvalue weighted by Gasteiger charge is -2.62. The number of nitrogens with one attached hydrogen (secondary N) is 2. The molecule has 7 nitrogen and oxygen atoms in total. The molecule has 4 aliphatic rings. The number of methoxy groups -OCH3 is 1. The zero-order valence-electron chi connectivity index (χ0n) is 25.0. The van der Waals surface area contributed by atoms with Crippen LogP contribution in [0, 0.1) is 46.3 Å². The van der Waals surface area contributed by atoms with Crippen molar-refractivity contribution in [3.8, 4) is 5.75 Å². The van der Waals surface area contributed by atoms with E-state index in [1.165, 1.54) is 26.2 Å². The molecule has 4 saturated carbocycles. The normalized spacial score (nSPS) is 39.3. The van der Waals surface area contributed by atoms with Crippen LogP contribution in [0.1, 0.15) is 91.9 Å². The van der Waals surface area contributed by atoms with E-state index in [0.717, 1.165) is 38.5 Å². The maximum Gasteiger partial charge on any atom is 0.224 e. The van der Waals surface area contributed by atoms with Gasteiger partial charge in [-0.3, -0.25) is 9.59 Å². The van der Waals surface area contributed by atoms with Gasteiger partial charge in [-0.2, -0.15) is 0 Å². The van der Waals surface area contributed by atoms with Crippen LogP contribution in [0.5, 0.6) is 5.75 Å². The highest BCUT2D eigenvalue weighted by Crippen LogP contribution is 2.68. The molecule has 4 aliphatic carbocycles. The molecule has 0 heterocycles. The van der Waals surface area contributed by atoms with Crippen LogP contribution in [0.3, 0.4) is 0 Å². The van der Waals surface area contributed by atoms with Crippen molar-refractivity contribution in [3.63, 3.8) is 0 Å². The number of fused-ring (bicyclic) bond motifs is 5. The summed E-state index contributed by atoms with van der Waals surface area (Å²) < 4.78 is 5.42. The first-order chi connectivity index (χ1) is 19.0. The fourth-order valence-corrected chi connectivity index (χ4v) is 10.0. The number of hydrogen-bond donors (Lipinski definition) is 4. The Hall–Kier alpha value is -2.12. The van der Waals surface area contributed by atoms with Gasteiger partial charge in [-0.25, -0.2) is 0 Å². The van der Waals surface area contributed by atoms with E-state index < -0.39 is 0 Å². The molecule has 0 spiro atoms. The highest BCUT2D eigenvalue weighted by Gasteiger charge is 2.63. The summed E-state index contributed by atoms with van der Waals surface area (Å²) >= 11 is 0. The number of aliphatic hydroxyl groups is 2. The van der Waals surface area contributed by atoms with Gasteiger partial charge in [-0.1, -0.05) is 20.8 Å². The number of amides is 2. The standard InChI is InChI=1S/C33H50N2O5/c1-19(6-13-31(39)35-28-17-22(34-20(2)36)8-12-29(28)40-5)25-10-11-26-24-9-7-21-16-23(37)14-15-32(21,3)27(24)18-30(38)33(25,26)4/h8,12,17,19,21,23-27,30,37-38H,6-7,9-11,13-16,18H2,1-5H3,(H,34,36)(H,35,39). The smallest absolute Gasteiger partial charge is 0.224 e. The third-order valence-electron chi connectivity index (χ3n) is 12.1. The molecular weight excluding hydrogens is 504 g/mol. The summed E-state index contributed by atoms with van der Waals surface area (Å²) in [5.74, 6) is 3.37. The van der Waals surface area contributed by atoms with E-state index in [4.69, 9.17) is 4.74 Å². The molecule has 1 aromatic carbocycles. The van der Waals surface area contributed by atoms with Gasteiger partial charge < -0.3 is 25.6 Å². The summed E-state index contributed by atoms with van der Waals surface area (Å²) in [5.41, 5.74) is 1.29. The lowest BCUT2D eigenvalue weighted by Crippen LogP contribution is -2.58. The Labute approximate surface area is 239 Å². The topological polar surface area (TPSA) is 108 Å². The number of ether oxygens (including phenoxy) is 1. The summed E-state index contributed by atoms with van der Waals surface area (Å²) in [7, 11) is 1.56. The molecule has 1 aromatic rings. The first kappa shape index (κ1) is 29.4. The first-order valence-electron chi connectivity index (χ1n) is 15.6. The predicted octanol–water partition coefficient (Wildman–Crippen LogP) is 6.00. The second-order valence-corrected chi connectivity index (χ2v) is 14.0. The second kappa shape index (κ2) is 11.3. The average Bonchev–Trinajstić information content (AvgIpc) is 3.27. The highest BCUT2D eigenvalue weighted by atomic mass is 16.5. The Balaban J connectivity index is 1.23. The summed E-state index contributed by atoms with van der Waals surface area (Å²) in [6, 6.07) is 5.21. The van der Waals surface area contributed by atoms with Gasteiger partial charge in [-0.05, 0) is 122 Å². The van der Waals surface area contributed by atoms with Crippen LogP contribution in [-0.4, -0.2) is 41.3 Å². The SMILES string of the molecule is COc1ccc(NC(C)=O)cc1NC(=O)CCC(C)C1CCC2C3CCC4CC(O)CCC4(C)C3CC(O)C12C. The van der Waals surface area contributed by atoms with Crippen LogP contribution in [0.4, 0.5) is 11.4 Å². The van der Waals surface area contributed by atoms with Crippen molar-refractivity contribution < 1.29 is 24.5 Å². The largest absolute Gasteiger partial charge is 0.495 e. The first-order valence-corrected chi connectivity index (χ1v) is 15.6. The van der Waals surface area contributed by atoms with Crippen molar-refractivity contribution in [1.29, 1.82) is 0 Å². The van der Waals surface area contributed by atoms with E-state index in [9.17, 15) is 19.8 Å². The molecule has 0 aliphatic heterocycles. The lowest BCUT2D eigenvalue weighted by atomic mass is 9.43. The van der Waals surface area contributed by atoms with Crippen molar-refractivity contribution in [2.24, 2.45) is 46.3 Å². The molecule has 5 rings (SSSR count). The van der Waals surface area contributed by atoms with E-state index in [-0.39, 0.29) is 34.9 Å². The minimum Gasteiger partial charge on any atom is -0.495 e. The minimum absolute atomic E-state index is 0.0696. The third kappa shape index (κ3) is 5.17. The van der Waals surface area contributed by atoms with Gasteiger partial charge in [0.15, 0.2) is 0 Å². The van der Waals surface area contributed by atoms with Crippen LogP contribution >= 0.6 is 0 Å². The van der Waals surface area contributed by atoms with E-state index in [2.05, 4.69) is 31.4 Å². The quantitative estimate of drug-likeness (QED) is 0.331. The zero-order valence-corrected chi connectivity index (χ0v) is 25.0. The third-order valence-corrected chi connectivity index (χ3v) is 12.1. The molecule has 0 aromatic heterocycles. The average molecular weight is 555 g/mol. The Morgan fingerprint density at radius 2 is 1.82 bits per heavy atom. The zero-order chi connectivity index (χ0) is 28.8. The number of anilines is 2. The van der Waals surface area contributed by atoms with E-state index in [1.807, 2.05) is 0 Å². The second-order valence-electron chi connectivity index (χ2n) is 14.0. The Morgan fingerprint density at radius 1 is 1.05 bits per heavy atom. The molecule has 222 valence electrons. The number of carbonyl (C=O) groups is 2. The molecule has 0 radical (unpaired) electrons. The van der Waals surface area contributed by atoms with Crippen LogP contribution in [0.25, 0.3) is 0 Å². The van der Waals surface area contributed by atoms with E-state index in [1.54, 1.807) is 25.3 Å². The van der Waals surface area contributed by atoms with E-state index >= 15 is 0 Å². The molecule has 10 atom stereocenters. The van der Waals surface area contributed by atoms with E-state index in [0.29, 0.717) is 59.1 Å². The summed E-state index contributed by atoms with van der Waals surface area (Å²) in [6.45, 7) is 8.53. The molecule has 2 amide bonds. The van der Waals surface area contributed by atoms with Crippen LogP contribution < -0.4 is 15.4 Å². The van der Waals surface area contributed by atoms with Crippen LogP contribution in [0.2, 0.25) is 0 Å². The van der Waals surface area contributed by atoms with Gasteiger partial charge in [0.2, 0.25) is 11.8 Å². The number of rotatable bonds is 7. The molecule has 4 fully saturated rings. The van der Waals surface area contributed by atoms with Gasteiger partial charge in [0.1, 0.15) is 5.75 Å². The Bertz CT molecular complexity index is 1110. The molecule has 40 heavy (non-hydrogen) atoms. The summed E-state index contributed by atoms with van der Waals surface area (Å²) in [6.07, 6.45) is 9.25. The van der Waals surface area contributed by atoms with Gasteiger partial charge in [0.25, 0.3) is 0 Å². The minimum atomic E-state index is -0.314. The summed E-state index contributed by atoms with van der Waals surface area (Å²) in [5, 5.41) is 27.9. The van der Waals surface area contributed by atoms with Crippen molar-refractivity contribution in [2.75, 3.05) is 17.7 Å². The van der Waals surface area contributed by atoms with Crippen LogP contribution in [0.15, 0.2) is 18.2 Å². The monoisotopic (exact) mass is 554 g/mol. The van der Waals surface area contributed by atoms with Crippen molar-refractivity contribution >= 4 is 23.2 Å². The highest BCUT2D eigenvalue weighted by molar-refractivity contribution is 5.94. The molecule has 0 saturated heterocycles. The maximum atomic E-state index is 13.0. The van der Waals surface area contributed by atoms with Crippen LogP contribution in [-0.2, 0) is 9.59 Å². The maximum absolute atomic E-state index is 13.0. The fraction of sp³-hybridized carbons (Fsp3) is 0.758. The number of hydrogen-bond acceptors (Lipinski definition) is 5. The molecule has 7 heteroatoms. The number of benzene rings is 1. The van der Waals surface area contributed by atoms with Crippen molar-refractivity contribution in [2.45, 2.75) is 104 Å². The fourth-order valence-electron chi connectivity index (χ4n) is 10.0. The predicted molar refractivity (Wildman–Crippen MR) is 157 cm³/mol. The number of aliphatic hydroxyl groups excluding tert-OH is 2. The molecule has 10 unspecified atom stereocenters. The number of carbonyl (C=O) groups excluding carboxylic acids is 2. The van der Waals surface area contributed by atoms with Gasteiger partial charge >= 0.3 is 0 Å². The van der Waals surface area contributed by atoms with Crippen molar-refractivity contribution in [3.05, 3.63) is 18.2 Å². The Kier molecular flexibility index (Phi) is 8.28.